The summed E-state index contributed by atoms with van der Waals surface area (Å²) in [5.74, 6) is 0. The van der Waals surface area contributed by atoms with E-state index in [9.17, 15) is 0 Å². The second-order valence-corrected chi connectivity index (χ2v) is 10.8. The highest BCUT2D eigenvalue weighted by Gasteiger charge is 2.20. The van der Waals surface area contributed by atoms with Crippen LogP contribution >= 0.6 is 0 Å². The van der Waals surface area contributed by atoms with Crippen molar-refractivity contribution < 1.29 is 0 Å². The smallest absolute Gasteiger partial charge is 0.0885 e. The van der Waals surface area contributed by atoms with Gasteiger partial charge in [-0.25, -0.2) is 0 Å². The molecule has 5 aromatic carbocycles. The van der Waals surface area contributed by atoms with Gasteiger partial charge in [0, 0.05) is 68.8 Å². The van der Waals surface area contributed by atoms with Gasteiger partial charge < -0.3 is 9.13 Å². The van der Waals surface area contributed by atoms with E-state index >= 15 is 0 Å². The topological polar surface area (TPSA) is 61.4 Å². The third kappa shape index (κ3) is 3.68. The van der Waals surface area contributed by atoms with Gasteiger partial charge in [0.25, 0.3) is 0 Å². The van der Waals surface area contributed by atoms with E-state index in [0.29, 0.717) is 0 Å². The average molecular weight is 565 g/mol. The number of rotatable bonds is 4. The van der Waals surface area contributed by atoms with Gasteiger partial charge in [-0.15, -0.1) is 0 Å². The van der Waals surface area contributed by atoms with E-state index < -0.39 is 0 Å². The maximum atomic E-state index is 4.55. The largest absolute Gasteiger partial charge is 0.309 e. The lowest BCUT2D eigenvalue weighted by Crippen LogP contribution is -1.96. The van der Waals surface area contributed by atoms with Crippen molar-refractivity contribution in [3.8, 4) is 33.9 Å². The zero-order valence-electron chi connectivity index (χ0n) is 23.5. The molecule has 9 rings (SSSR count). The SMILES string of the molecule is c1cc(-c2cnccn2)cc(-n2c3ccccc3c3c4c5ccccc5n(-c5cccc(-c6cnccn6)c5)c4ccc32)c1. The number of benzene rings is 5. The van der Waals surface area contributed by atoms with E-state index in [0.717, 1.165) is 56.0 Å². The lowest BCUT2D eigenvalue weighted by molar-refractivity contribution is 1.16. The molecule has 0 fully saturated rings. The Morgan fingerprint density at radius 3 is 1.34 bits per heavy atom. The van der Waals surface area contributed by atoms with Gasteiger partial charge in [-0.2, -0.15) is 0 Å². The van der Waals surface area contributed by atoms with Crippen molar-refractivity contribution in [1.29, 1.82) is 0 Å². The third-order valence-corrected chi connectivity index (χ3v) is 8.40. The van der Waals surface area contributed by atoms with E-state index in [4.69, 9.17) is 0 Å². The minimum Gasteiger partial charge on any atom is -0.309 e. The number of fused-ring (bicyclic) bond motifs is 7. The van der Waals surface area contributed by atoms with Crippen molar-refractivity contribution in [2.75, 3.05) is 0 Å². The Balaban J connectivity index is 1.35. The molecule has 0 atom stereocenters. The van der Waals surface area contributed by atoms with E-state index in [1.807, 2.05) is 12.4 Å². The second-order valence-electron chi connectivity index (χ2n) is 10.8. The maximum Gasteiger partial charge on any atom is 0.0885 e. The molecule has 6 nitrogen and oxygen atoms in total. The highest BCUT2D eigenvalue weighted by atomic mass is 15.0. The van der Waals surface area contributed by atoms with Crippen LogP contribution in [0.15, 0.2) is 146 Å². The summed E-state index contributed by atoms with van der Waals surface area (Å²) in [7, 11) is 0. The fraction of sp³-hybridized carbons (Fsp3) is 0. The van der Waals surface area contributed by atoms with E-state index in [1.165, 1.54) is 21.5 Å². The van der Waals surface area contributed by atoms with Crippen LogP contribution in [0.25, 0.3) is 77.5 Å². The first-order valence-corrected chi connectivity index (χ1v) is 14.5. The molecule has 0 saturated heterocycles. The monoisotopic (exact) mass is 564 g/mol. The number of hydrogen-bond acceptors (Lipinski definition) is 4. The van der Waals surface area contributed by atoms with E-state index in [2.05, 4.69) is 138 Å². The lowest BCUT2D eigenvalue weighted by Gasteiger charge is -2.11. The van der Waals surface area contributed by atoms with Crippen molar-refractivity contribution >= 4 is 43.6 Å². The zero-order valence-corrected chi connectivity index (χ0v) is 23.5. The van der Waals surface area contributed by atoms with E-state index in [1.54, 1.807) is 24.8 Å². The minimum absolute atomic E-state index is 0.851. The zero-order chi connectivity index (χ0) is 29.0. The van der Waals surface area contributed by atoms with Crippen molar-refractivity contribution in [2.24, 2.45) is 0 Å². The van der Waals surface area contributed by atoms with E-state index in [-0.39, 0.29) is 0 Å². The van der Waals surface area contributed by atoms with Crippen molar-refractivity contribution in [3.63, 3.8) is 0 Å². The highest BCUT2D eigenvalue weighted by Crippen LogP contribution is 2.42. The minimum atomic E-state index is 0.851. The lowest BCUT2D eigenvalue weighted by atomic mass is 10.1. The molecule has 6 heteroatoms. The van der Waals surface area contributed by atoms with Gasteiger partial charge in [-0.05, 0) is 48.5 Å². The predicted octanol–water partition coefficient (Wildman–Crippen LogP) is 8.79. The Kier molecular flexibility index (Phi) is 5.40. The van der Waals surface area contributed by atoms with Crippen molar-refractivity contribution in [1.82, 2.24) is 29.1 Å². The summed E-state index contributed by atoms with van der Waals surface area (Å²) in [5, 5.41) is 4.91. The Morgan fingerprint density at radius 1 is 0.409 bits per heavy atom. The number of para-hydroxylation sites is 2. The molecule has 0 aliphatic rings. The Bertz CT molecular complexity index is 2320. The molecule has 0 saturated carbocycles. The molecule has 0 spiro atoms. The van der Waals surface area contributed by atoms with Crippen LogP contribution in [-0.2, 0) is 0 Å². The van der Waals surface area contributed by atoms with Gasteiger partial charge in [0.2, 0.25) is 0 Å². The number of hydrogen-bond donors (Lipinski definition) is 0. The summed E-state index contributed by atoms with van der Waals surface area (Å²) in [4.78, 5) is 17.7. The first-order chi connectivity index (χ1) is 21.8. The molecule has 0 unspecified atom stereocenters. The van der Waals surface area contributed by atoms with Gasteiger partial charge >= 0.3 is 0 Å². The van der Waals surface area contributed by atoms with Crippen LogP contribution in [0.3, 0.4) is 0 Å². The summed E-state index contributed by atoms with van der Waals surface area (Å²) in [5.41, 5.74) is 10.6. The molecule has 0 radical (unpaired) electrons. The molecule has 0 N–H and O–H groups in total. The molecular formula is C38H24N6. The number of nitrogens with zero attached hydrogens (tertiary/aromatic N) is 6. The fourth-order valence-electron chi connectivity index (χ4n) is 6.58. The Morgan fingerprint density at radius 2 is 0.886 bits per heavy atom. The van der Waals surface area contributed by atoms with Gasteiger partial charge in [0.05, 0.1) is 45.8 Å². The van der Waals surface area contributed by atoms with Crippen LogP contribution in [0.2, 0.25) is 0 Å². The fourth-order valence-corrected chi connectivity index (χ4v) is 6.58. The third-order valence-electron chi connectivity index (χ3n) is 8.40. The van der Waals surface area contributed by atoms with Crippen molar-refractivity contribution in [3.05, 3.63) is 146 Å². The molecule has 0 amide bonds. The summed E-state index contributed by atoms with van der Waals surface area (Å²) in [6.07, 6.45) is 10.5. The molecule has 0 aliphatic carbocycles. The van der Waals surface area contributed by atoms with Gasteiger partial charge in [-0.1, -0.05) is 60.7 Å². The summed E-state index contributed by atoms with van der Waals surface area (Å²) >= 11 is 0. The van der Waals surface area contributed by atoms with Gasteiger partial charge in [0.1, 0.15) is 0 Å². The van der Waals surface area contributed by atoms with Crippen LogP contribution in [0.4, 0.5) is 0 Å². The van der Waals surface area contributed by atoms with Crippen LogP contribution in [0.1, 0.15) is 0 Å². The van der Waals surface area contributed by atoms with Crippen LogP contribution in [-0.4, -0.2) is 29.1 Å². The first-order valence-electron chi connectivity index (χ1n) is 14.5. The molecular weight excluding hydrogens is 540 g/mol. The Hall–Kier alpha value is -6.14. The van der Waals surface area contributed by atoms with Crippen LogP contribution in [0, 0.1) is 0 Å². The first kappa shape index (κ1) is 24.5. The molecule has 44 heavy (non-hydrogen) atoms. The van der Waals surface area contributed by atoms with Gasteiger partial charge in [0.15, 0.2) is 0 Å². The Labute approximate surface area is 252 Å². The summed E-state index contributed by atoms with van der Waals surface area (Å²) in [6, 6.07) is 39.0. The summed E-state index contributed by atoms with van der Waals surface area (Å²) in [6.45, 7) is 0. The van der Waals surface area contributed by atoms with Gasteiger partial charge in [-0.3, -0.25) is 19.9 Å². The number of aromatic nitrogens is 6. The maximum absolute atomic E-state index is 4.55. The molecule has 0 aliphatic heterocycles. The second kappa shape index (κ2) is 9.71. The standard InChI is InChI=1S/C38H24N6/c1-3-13-33-29(11-1)37-35(43(33)27-9-5-7-25(21-27)31-23-39-17-19-41-31)15-16-36-38(37)30-12-2-4-14-34(30)44(36)28-10-6-8-26(22-28)32-24-40-18-20-42-32/h1-24H. The highest BCUT2D eigenvalue weighted by molar-refractivity contribution is 6.28. The van der Waals surface area contributed by atoms with Crippen LogP contribution in [0.5, 0.6) is 0 Å². The molecule has 0 bridgehead atoms. The van der Waals surface area contributed by atoms with Crippen molar-refractivity contribution in [2.45, 2.75) is 0 Å². The average Bonchev–Trinajstić information content (AvgIpc) is 3.62. The molecule has 206 valence electrons. The van der Waals surface area contributed by atoms with Crippen LogP contribution < -0.4 is 0 Å². The molecule has 9 aromatic rings. The predicted molar refractivity (Wildman–Crippen MR) is 177 cm³/mol. The quantitative estimate of drug-likeness (QED) is 0.214. The normalized spacial score (nSPS) is 11.6. The molecule has 4 heterocycles. The molecule has 4 aromatic heterocycles. The summed E-state index contributed by atoms with van der Waals surface area (Å²) < 4.78 is 4.73.